The van der Waals surface area contributed by atoms with Crippen molar-refractivity contribution < 1.29 is 26.0 Å². The third-order valence-electron chi connectivity index (χ3n) is 2.96. The Morgan fingerprint density at radius 2 is 2.00 bits per heavy atom. The molecular weight excluding hydrogens is 290 g/mol. The van der Waals surface area contributed by atoms with Crippen LogP contribution in [-0.2, 0) is 10.2 Å². The van der Waals surface area contributed by atoms with Crippen molar-refractivity contribution in [1.82, 2.24) is 9.03 Å². The summed E-state index contributed by atoms with van der Waals surface area (Å²) in [6.45, 7) is -1.41. The molecule has 0 radical (unpaired) electrons. The molecule has 114 valence electrons. The molecule has 0 aliphatic carbocycles. The second-order valence-corrected chi connectivity index (χ2v) is 6.09. The van der Waals surface area contributed by atoms with E-state index >= 15 is 0 Å². The largest absolute Gasteiger partial charge is 0.329 e. The molecule has 0 aromatic heterocycles. The fraction of sp³-hybridized carbons (Fsp3) is 1.00. The number of alkyl halides is 4. The Morgan fingerprint density at radius 3 is 2.53 bits per heavy atom. The van der Waals surface area contributed by atoms with Gasteiger partial charge < -0.3 is 5.73 Å². The van der Waals surface area contributed by atoms with Crippen LogP contribution in [0.4, 0.5) is 17.6 Å². The van der Waals surface area contributed by atoms with Crippen molar-refractivity contribution in [3.05, 3.63) is 0 Å². The number of nitrogens with one attached hydrogen (secondary N) is 1. The predicted octanol–water partition coefficient (Wildman–Crippen LogP) is 0.534. The van der Waals surface area contributed by atoms with Crippen LogP contribution in [0.3, 0.4) is 0 Å². The third-order valence-corrected chi connectivity index (χ3v) is 4.57. The molecule has 1 aliphatic heterocycles. The highest BCUT2D eigenvalue weighted by atomic mass is 32.2. The minimum Gasteiger partial charge on any atom is -0.329 e. The first kappa shape index (κ1) is 16.6. The van der Waals surface area contributed by atoms with E-state index in [1.807, 2.05) is 0 Å². The Kier molecular flexibility index (Phi) is 5.53. The lowest BCUT2D eigenvalue weighted by molar-refractivity contribution is -0.122. The van der Waals surface area contributed by atoms with Crippen LogP contribution in [0, 0.1) is 0 Å². The Bertz CT molecular complexity index is 391. The van der Waals surface area contributed by atoms with Gasteiger partial charge in [0.15, 0.2) is 0 Å². The lowest BCUT2D eigenvalue weighted by Gasteiger charge is -2.34. The van der Waals surface area contributed by atoms with E-state index in [1.54, 1.807) is 0 Å². The number of rotatable bonds is 6. The molecule has 1 saturated heterocycles. The van der Waals surface area contributed by atoms with Crippen molar-refractivity contribution >= 4 is 10.2 Å². The zero-order valence-electron chi connectivity index (χ0n) is 10.2. The maximum Gasteiger partial charge on any atom is 0.320 e. The van der Waals surface area contributed by atoms with Gasteiger partial charge in [-0.1, -0.05) is 6.42 Å². The number of nitrogens with two attached hydrogens (primary N) is 1. The van der Waals surface area contributed by atoms with E-state index in [1.165, 1.54) is 4.72 Å². The smallest absolute Gasteiger partial charge is 0.320 e. The molecule has 1 atom stereocenters. The molecule has 1 rings (SSSR count). The molecule has 1 unspecified atom stereocenters. The van der Waals surface area contributed by atoms with Crippen LogP contribution in [0.1, 0.15) is 19.3 Å². The summed E-state index contributed by atoms with van der Waals surface area (Å²) < 4.78 is 75.4. The number of piperidine rings is 1. The van der Waals surface area contributed by atoms with Gasteiger partial charge in [0.2, 0.25) is 0 Å². The number of halogens is 4. The van der Waals surface area contributed by atoms with Crippen molar-refractivity contribution in [1.29, 1.82) is 0 Å². The maximum absolute atomic E-state index is 12.7. The van der Waals surface area contributed by atoms with Crippen LogP contribution in [0.2, 0.25) is 0 Å². The first-order valence-corrected chi connectivity index (χ1v) is 7.27. The molecule has 0 saturated carbocycles. The number of nitrogens with zero attached hydrogens (tertiary/aromatic N) is 1. The Labute approximate surface area is 109 Å². The van der Waals surface area contributed by atoms with Crippen molar-refractivity contribution in [2.75, 3.05) is 19.6 Å². The molecular formula is C9H17F4N3O2S. The molecule has 0 amide bonds. The molecule has 1 aliphatic rings. The normalized spacial score (nSPS) is 22.9. The van der Waals surface area contributed by atoms with Gasteiger partial charge in [0, 0.05) is 19.1 Å². The summed E-state index contributed by atoms with van der Waals surface area (Å²) in [5, 5.41) is 0. The average molecular weight is 307 g/mol. The quantitative estimate of drug-likeness (QED) is 0.703. The number of hydrogen-bond donors (Lipinski definition) is 2. The average Bonchev–Trinajstić information content (AvgIpc) is 2.36. The van der Waals surface area contributed by atoms with E-state index in [2.05, 4.69) is 0 Å². The van der Waals surface area contributed by atoms with Gasteiger partial charge in [-0.3, -0.25) is 0 Å². The highest BCUT2D eigenvalue weighted by Crippen LogP contribution is 2.23. The lowest BCUT2D eigenvalue weighted by atomic mass is 10.1. The van der Waals surface area contributed by atoms with Crippen LogP contribution in [0.25, 0.3) is 0 Å². The van der Waals surface area contributed by atoms with Gasteiger partial charge in [-0.25, -0.2) is 8.78 Å². The van der Waals surface area contributed by atoms with E-state index in [0.29, 0.717) is 12.8 Å². The van der Waals surface area contributed by atoms with Crippen LogP contribution >= 0.6 is 0 Å². The first-order chi connectivity index (χ1) is 8.70. The van der Waals surface area contributed by atoms with Gasteiger partial charge in [-0.05, 0) is 12.8 Å². The third kappa shape index (κ3) is 4.26. The SMILES string of the molecule is NCC1CCCCN1S(=O)(=O)NCC(F)(F)C(F)F. The minimum atomic E-state index is -4.39. The molecule has 10 heteroatoms. The molecule has 0 aromatic carbocycles. The molecule has 19 heavy (non-hydrogen) atoms. The van der Waals surface area contributed by atoms with Gasteiger partial charge >= 0.3 is 12.3 Å². The summed E-state index contributed by atoms with van der Waals surface area (Å²) in [6, 6.07) is -0.480. The van der Waals surface area contributed by atoms with Gasteiger partial charge in [0.25, 0.3) is 10.2 Å². The summed E-state index contributed by atoms with van der Waals surface area (Å²) >= 11 is 0. The highest BCUT2D eigenvalue weighted by Gasteiger charge is 2.42. The van der Waals surface area contributed by atoms with Crippen molar-refractivity contribution in [2.24, 2.45) is 5.73 Å². The van der Waals surface area contributed by atoms with Crippen molar-refractivity contribution in [2.45, 2.75) is 37.7 Å². The van der Waals surface area contributed by atoms with E-state index in [0.717, 1.165) is 10.7 Å². The Balaban J connectivity index is 2.70. The van der Waals surface area contributed by atoms with E-state index in [-0.39, 0.29) is 13.1 Å². The van der Waals surface area contributed by atoms with Crippen molar-refractivity contribution in [3.63, 3.8) is 0 Å². The van der Waals surface area contributed by atoms with Gasteiger partial charge in [-0.2, -0.15) is 26.2 Å². The zero-order chi connectivity index (χ0) is 14.7. The second-order valence-electron chi connectivity index (χ2n) is 4.38. The monoisotopic (exact) mass is 307 g/mol. The molecule has 1 heterocycles. The molecule has 3 N–H and O–H groups in total. The Hall–Kier alpha value is -0.450. The fourth-order valence-electron chi connectivity index (χ4n) is 1.87. The molecule has 0 spiro atoms. The van der Waals surface area contributed by atoms with Crippen molar-refractivity contribution in [3.8, 4) is 0 Å². The van der Waals surface area contributed by atoms with Crippen LogP contribution in [0.15, 0.2) is 0 Å². The lowest BCUT2D eigenvalue weighted by Crippen LogP contribution is -2.54. The fourth-order valence-corrected chi connectivity index (χ4v) is 3.37. The van der Waals surface area contributed by atoms with E-state index < -0.39 is 35.1 Å². The van der Waals surface area contributed by atoms with Gasteiger partial charge in [0.1, 0.15) is 0 Å². The summed E-state index contributed by atoms with van der Waals surface area (Å²) in [4.78, 5) is 0. The minimum absolute atomic E-state index is 0.0617. The summed E-state index contributed by atoms with van der Waals surface area (Å²) in [5.74, 6) is -4.39. The maximum atomic E-state index is 12.7. The topological polar surface area (TPSA) is 75.4 Å². The van der Waals surface area contributed by atoms with Crippen LogP contribution < -0.4 is 10.5 Å². The molecule has 0 aromatic rings. The van der Waals surface area contributed by atoms with Gasteiger partial charge in [0.05, 0.1) is 6.54 Å². The Morgan fingerprint density at radius 1 is 1.37 bits per heavy atom. The number of hydrogen-bond acceptors (Lipinski definition) is 3. The summed E-state index contributed by atoms with van der Waals surface area (Å²) in [7, 11) is -4.22. The molecule has 5 nitrogen and oxygen atoms in total. The first-order valence-electron chi connectivity index (χ1n) is 5.83. The highest BCUT2D eigenvalue weighted by molar-refractivity contribution is 7.87. The van der Waals surface area contributed by atoms with Crippen LogP contribution in [-0.4, -0.2) is 50.7 Å². The molecule has 1 fully saturated rings. The standard InChI is InChI=1S/C9H17F4N3O2S/c10-8(11)9(12,13)6-15-19(17,18)16-4-2-1-3-7(16)5-14/h7-8,15H,1-6,14H2. The van der Waals surface area contributed by atoms with Crippen LogP contribution in [0.5, 0.6) is 0 Å². The second kappa shape index (κ2) is 6.33. The summed E-state index contributed by atoms with van der Waals surface area (Å²) in [6.07, 6.45) is -2.01. The summed E-state index contributed by atoms with van der Waals surface area (Å²) in [5.41, 5.74) is 5.42. The van der Waals surface area contributed by atoms with E-state index in [4.69, 9.17) is 5.73 Å². The molecule has 0 bridgehead atoms. The van der Waals surface area contributed by atoms with Gasteiger partial charge in [-0.15, -0.1) is 0 Å². The zero-order valence-corrected chi connectivity index (χ0v) is 11.0. The van der Waals surface area contributed by atoms with E-state index in [9.17, 15) is 26.0 Å². The predicted molar refractivity (Wildman–Crippen MR) is 61.3 cm³/mol.